The molecule has 0 aliphatic rings. The van der Waals surface area contributed by atoms with Crippen LogP contribution < -0.4 is 11.1 Å². The topological polar surface area (TPSA) is 50.9 Å². The summed E-state index contributed by atoms with van der Waals surface area (Å²) in [5.41, 5.74) is 7.48. The van der Waals surface area contributed by atoms with Crippen LogP contribution in [0.1, 0.15) is 15.4 Å². The summed E-state index contributed by atoms with van der Waals surface area (Å²) in [5.74, 6) is 0. The van der Waals surface area contributed by atoms with Crippen LogP contribution >= 0.6 is 39.5 Å². The Morgan fingerprint density at radius 3 is 2.94 bits per heavy atom. The van der Waals surface area contributed by atoms with Gasteiger partial charge in [-0.3, -0.25) is 0 Å². The lowest BCUT2D eigenvalue weighted by molar-refractivity contribution is 1.10. The fourth-order valence-electron chi connectivity index (χ4n) is 1.53. The number of rotatable bonds is 4. The van der Waals surface area contributed by atoms with Crippen molar-refractivity contribution in [2.45, 2.75) is 13.5 Å². The van der Waals surface area contributed by atoms with Crippen molar-refractivity contribution in [3.8, 4) is 0 Å². The number of thiocarbonyl (C=S) groups is 1. The van der Waals surface area contributed by atoms with Crippen LogP contribution in [0.2, 0.25) is 0 Å². The zero-order chi connectivity index (χ0) is 13.1. The summed E-state index contributed by atoms with van der Waals surface area (Å²) < 4.78 is 0.959. The van der Waals surface area contributed by atoms with Crippen LogP contribution in [-0.2, 0) is 6.54 Å². The van der Waals surface area contributed by atoms with Gasteiger partial charge >= 0.3 is 0 Å². The number of nitrogens with one attached hydrogen (secondary N) is 1. The Hall–Kier alpha value is -0.980. The Balaban J connectivity index is 2.16. The molecular formula is C12H12BrN3S2. The summed E-state index contributed by atoms with van der Waals surface area (Å²) in [5, 5.41) is 4.36. The van der Waals surface area contributed by atoms with E-state index < -0.39 is 0 Å². The summed E-state index contributed by atoms with van der Waals surface area (Å²) in [6, 6.07) is 5.83. The van der Waals surface area contributed by atoms with Crippen LogP contribution in [0.25, 0.3) is 0 Å². The maximum absolute atomic E-state index is 5.71. The van der Waals surface area contributed by atoms with Gasteiger partial charge in [-0.2, -0.15) is 0 Å². The first-order chi connectivity index (χ1) is 8.56. The van der Waals surface area contributed by atoms with Crippen molar-refractivity contribution in [1.82, 2.24) is 4.98 Å². The van der Waals surface area contributed by atoms with E-state index in [1.807, 2.05) is 31.3 Å². The summed E-state index contributed by atoms with van der Waals surface area (Å²) in [7, 11) is 0. The van der Waals surface area contributed by atoms with Crippen molar-refractivity contribution in [3.05, 3.63) is 44.3 Å². The third kappa shape index (κ3) is 3.28. The molecule has 1 heterocycles. The second kappa shape index (κ2) is 5.77. The lowest BCUT2D eigenvalue weighted by Crippen LogP contribution is -2.13. The van der Waals surface area contributed by atoms with Crippen LogP contribution in [0.5, 0.6) is 0 Å². The summed E-state index contributed by atoms with van der Waals surface area (Å²) in [6.07, 6.45) is 1.87. The average Bonchev–Trinajstić information content (AvgIpc) is 2.73. The first-order valence-corrected chi connectivity index (χ1v) is 7.32. The van der Waals surface area contributed by atoms with Crippen molar-refractivity contribution >= 4 is 50.2 Å². The third-order valence-electron chi connectivity index (χ3n) is 2.35. The van der Waals surface area contributed by atoms with Gasteiger partial charge in [0.15, 0.2) is 0 Å². The average molecular weight is 342 g/mol. The minimum atomic E-state index is 0.383. The monoisotopic (exact) mass is 341 g/mol. The van der Waals surface area contributed by atoms with Crippen molar-refractivity contribution in [3.63, 3.8) is 0 Å². The maximum Gasteiger partial charge on any atom is 0.112 e. The van der Waals surface area contributed by atoms with E-state index in [1.54, 1.807) is 11.3 Å². The number of nitrogens with zero attached hydrogens (tertiary/aromatic N) is 1. The van der Waals surface area contributed by atoms with Gasteiger partial charge in [-0.1, -0.05) is 28.1 Å². The van der Waals surface area contributed by atoms with Gasteiger partial charge in [0, 0.05) is 26.8 Å². The van der Waals surface area contributed by atoms with Crippen molar-refractivity contribution in [1.29, 1.82) is 0 Å². The van der Waals surface area contributed by atoms with E-state index in [1.165, 1.54) is 4.88 Å². The number of halogens is 1. The molecule has 1 aromatic heterocycles. The molecule has 0 unspecified atom stereocenters. The van der Waals surface area contributed by atoms with E-state index in [0.29, 0.717) is 11.5 Å². The molecule has 0 spiro atoms. The van der Waals surface area contributed by atoms with Crippen molar-refractivity contribution in [2.75, 3.05) is 5.32 Å². The van der Waals surface area contributed by atoms with Crippen LogP contribution in [0.3, 0.4) is 0 Å². The molecule has 94 valence electrons. The first kappa shape index (κ1) is 13.5. The smallest absolute Gasteiger partial charge is 0.112 e. The first-order valence-electron chi connectivity index (χ1n) is 5.31. The maximum atomic E-state index is 5.71. The van der Waals surface area contributed by atoms with E-state index in [9.17, 15) is 0 Å². The molecule has 0 saturated heterocycles. The molecule has 18 heavy (non-hydrogen) atoms. The highest BCUT2D eigenvalue weighted by Crippen LogP contribution is 2.22. The van der Waals surface area contributed by atoms with Crippen LogP contribution in [0, 0.1) is 6.92 Å². The molecule has 2 aromatic rings. The highest BCUT2D eigenvalue weighted by atomic mass is 79.9. The van der Waals surface area contributed by atoms with E-state index in [-0.39, 0.29) is 0 Å². The molecular weight excluding hydrogens is 330 g/mol. The largest absolute Gasteiger partial charge is 0.389 e. The predicted molar refractivity (Wildman–Crippen MR) is 84.2 cm³/mol. The van der Waals surface area contributed by atoms with Gasteiger partial charge in [0.2, 0.25) is 0 Å². The minimum Gasteiger partial charge on any atom is -0.389 e. The van der Waals surface area contributed by atoms with E-state index >= 15 is 0 Å². The minimum absolute atomic E-state index is 0.383. The Morgan fingerprint density at radius 1 is 1.56 bits per heavy atom. The third-order valence-corrected chi connectivity index (χ3v) is 3.97. The molecule has 2 rings (SSSR count). The number of hydrogen-bond donors (Lipinski definition) is 2. The van der Waals surface area contributed by atoms with Gasteiger partial charge in [-0.05, 0) is 25.1 Å². The number of aryl methyl sites for hydroxylation is 1. The van der Waals surface area contributed by atoms with Crippen LogP contribution in [0.15, 0.2) is 28.9 Å². The number of aromatic nitrogens is 1. The summed E-state index contributed by atoms with van der Waals surface area (Å²) in [4.78, 5) is 5.89. The molecule has 0 saturated carbocycles. The normalized spacial score (nSPS) is 10.3. The predicted octanol–water partition coefficient (Wildman–Crippen LogP) is 3.46. The highest BCUT2D eigenvalue weighted by molar-refractivity contribution is 9.10. The number of anilines is 1. The fourth-order valence-corrected chi connectivity index (χ4v) is 2.79. The molecule has 0 fully saturated rings. The summed E-state index contributed by atoms with van der Waals surface area (Å²) >= 11 is 10.1. The van der Waals surface area contributed by atoms with Gasteiger partial charge in [0.25, 0.3) is 0 Å². The van der Waals surface area contributed by atoms with Crippen molar-refractivity contribution < 1.29 is 0 Å². The quantitative estimate of drug-likeness (QED) is 0.836. The van der Waals surface area contributed by atoms with Gasteiger partial charge in [-0.15, -0.1) is 11.3 Å². The van der Waals surface area contributed by atoms with E-state index in [4.69, 9.17) is 18.0 Å². The van der Waals surface area contributed by atoms with Gasteiger partial charge < -0.3 is 11.1 Å². The molecule has 0 bridgehead atoms. The molecule has 3 N–H and O–H groups in total. The van der Waals surface area contributed by atoms with Crippen LogP contribution in [-0.4, -0.2) is 9.97 Å². The molecule has 3 nitrogen and oxygen atoms in total. The Labute approximate surface area is 124 Å². The molecule has 0 amide bonds. The van der Waals surface area contributed by atoms with E-state index in [0.717, 1.165) is 20.7 Å². The fraction of sp³-hybridized carbons (Fsp3) is 0.167. The molecule has 0 atom stereocenters. The number of benzene rings is 1. The molecule has 0 radical (unpaired) electrons. The standard InChI is InChI=1S/C12H12BrN3S2/c1-7-5-16-11(18-7)6-15-10-3-2-8(13)4-9(10)12(14)17/h2-5,15H,6H2,1H3,(H2,14,17). The molecule has 0 aliphatic carbocycles. The number of hydrogen-bond acceptors (Lipinski definition) is 4. The van der Waals surface area contributed by atoms with E-state index in [2.05, 4.69) is 26.2 Å². The molecule has 6 heteroatoms. The molecule has 1 aromatic carbocycles. The SMILES string of the molecule is Cc1cnc(CNc2ccc(Br)cc2C(N)=S)s1. The second-order valence-electron chi connectivity index (χ2n) is 3.77. The lowest BCUT2D eigenvalue weighted by Gasteiger charge is -2.10. The Kier molecular flexibility index (Phi) is 4.31. The zero-order valence-corrected chi connectivity index (χ0v) is 13.0. The lowest BCUT2D eigenvalue weighted by atomic mass is 10.2. The second-order valence-corrected chi connectivity index (χ2v) is 6.45. The van der Waals surface area contributed by atoms with Crippen molar-refractivity contribution in [2.24, 2.45) is 5.73 Å². The Bertz CT molecular complexity index is 580. The molecule has 0 aliphatic heterocycles. The van der Waals surface area contributed by atoms with Gasteiger partial charge in [-0.25, -0.2) is 4.98 Å². The number of nitrogens with two attached hydrogens (primary N) is 1. The highest BCUT2D eigenvalue weighted by Gasteiger charge is 2.06. The van der Waals surface area contributed by atoms with Gasteiger partial charge in [0.1, 0.15) is 10.00 Å². The number of thiazole rings is 1. The van der Waals surface area contributed by atoms with Crippen LogP contribution in [0.4, 0.5) is 5.69 Å². The zero-order valence-electron chi connectivity index (χ0n) is 9.74. The van der Waals surface area contributed by atoms with Gasteiger partial charge in [0.05, 0.1) is 6.54 Å². The summed E-state index contributed by atoms with van der Waals surface area (Å²) in [6.45, 7) is 2.72. The Morgan fingerprint density at radius 2 is 2.33 bits per heavy atom.